The number of anilines is 3. The minimum atomic E-state index is -0.489. The molecule has 0 aromatic heterocycles. The molecule has 1 atom stereocenters. The van der Waals surface area contributed by atoms with Gasteiger partial charge in [-0.1, -0.05) is 48.5 Å². The first kappa shape index (κ1) is 23.3. The number of ether oxygens (including phenoxy) is 2. The lowest BCUT2D eigenvalue weighted by atomic mass is 10.1. The highest BCUT2D eigenvalue weighted by Crippen LogP contribution is 2.38. The number of hydrogen-bond acceptors (Lipinski definition) is 5. The Morgan fingerprint density at radius 1 is 0.667 bits per heavy atom. The third kappa shape index (κ3) is 5.79. The average molecular weight is 498 g/mol. The van der Waals surface area contributed by atoms with E-state index in [1.807, 2.05) is 84.9 Å². The molecule has 3 N–H and O–H groups in total. The van der Waals surface area contributed by atoms with E-state index >= 15 is 0 Å². The van der Waals surface area contributed by atoms with Crippen LogP contribution in [-0.2, 0) is 4.79 Å². The van der Waals surface area contributed by atoms with Crippen molar-refractivity contribution in [1.29, 1.82) is 0 Å². The van der Waals surface area contributed by atoms with Gasteiger partial charge in [-0.15, -0.1) is 11.8 Å². The summed E-state index contributed by atoms with van der Waals surface area (Å²) < 4.78 is 10.8. The molecule has 36 heavy (non-hydrogen) atoms. The Balaban J connectivity index is 1.27. The number of benzene rings is 4. The van der Waals surface area contributed by atoms with Crippen molar-refractivity contribution in [3.63, 3.8) is 0 Å². The summed E-state index contributed by atoms with van der Waals surface area (Å²) in [7, 11) is 0. The molecule has 0 bridgehead atoms. The molecule has 0 aliphatic carbocycles. The van der Waals surface area contributed by atoms with Crippen LogP contribution in [0.5, 0.6) is 11.5 Å². The van der Waals surface area contributed by atoms with Crippen molar-refractivity contribution < 1.29 is 19.1 Å². The molecule has 4 aromatic rings. The van der Waals surface area contributed by atoms with Crippen LogP contribution in [0.4, 0.5) is 21.9 Å². The zero-order valence-corrected chi connectivity index (χ0v) is 20.0. The largest absolute Gasteiger partial charge is 0.454 e. The number of fused-ring (bicyclic) bond motifs is 1. The van der Waals surface area contributed by atoms with Crippen molar-refractivity contribution in [2.24, 2.45) is 0 Å². The van der Waals surface area contributed by atoms with Crippen molar-refractivity contribution >= 4 is 40.8 Å². The van der Waals surface area contributed by atoms with Crippen molar-refractivity contribution in [3.05, 3.63) is 109 Å². The second kappa shape index (κ2) is 10.9. The molecule has 0 saturated heterocycles. The number of amides is 3. The highest BCUT2D eigenvalue weighted by molar-refractivity contribution is 8.00. The fourth-order valence-corrected chi connectivity index (χ4v) is 4.68. The first-order chi connectivity index (χ1) is 17.6. The molecule has 4 aromatic carbocycles. The number of thioether (sulfide) groups is 1. The smallest absolute Gasteiger partial charge is 0.323 e. The summed E-state index contributed by atoms with van der Waals surface area (Å²) in [6.07, 6.45) is 0. The van der Waals surface area contributed by atoms with Crippen LogP contribution < -0.4 is 25.4 Å². The molecule has 0 spiro atoms. The van der Waals surface area contributed by atoms with E-state index in [1.54, 1.807) is 18.2 Å². The fraction of sp³-hybridized carbons (Fsp3) is 0.0714. The molecule has 8 heteroatoms. The number of para-hydroxylation sites is 1. The van der Waals surface area contributed by atoms with Gasteiger partial charge in [-0.2, -0.15) is 0 Å². The van der Waals surface area contributed by atoms with Crippen LogP contribution in [0.1, 0.15) is 10.8 Å². The summed E-state index contributed by atoms with van der Waals surface area (Å²) in [4.78, 5) is 26.5. The second-order valence-corrected chi connectivity index (χ2v) is 9.11. The monoisotopic (exact) mass is 497 g/mol. The highest BCUT2D eigenvalue weighted by Gasteiger charge is 2.23. The minimum Gasteiger partial charge on any atom is -0.454 e. The summed E-state index contributed by atoms with van der Waals surface area (Å²) >= 11 is 1.43. The Bertz CT molecular complexity index is 1350. The van der Waals surface area contributed by atoms with Crippen LogP contribution in [0.25, 0.3) is 0 Å². The standard InChI is InChI=1S/C28H23N3O4S/c32-27(29-22-13-16-24-25(17-22)35-18-34-24)26(19-7-3-1-4-8-19)36-23-14-11-21(12-15-23)31-28(33)30-20-9-5-2-6-10-20/h1-17,26H,18H2,(H,29,32)(H2,30,31,33). The van der Waals surface area contributed by atoms with Crippen LogP contribution in [0.3, 0.4) is 0 Å². The lowest BCUT2D eigenvalue weighted by Gasteiger charge is -2.17. The van der Waals surface area contributed by atoms with Gasteiger partial charge in [0.15, 0.2) is 11.5 Å². The molecule has 1 heterocycles. The summed E-state index contributed by atoms with van der Waals surface area (Å²) in [6.45, 7) is 0.175. The third-order valence-electron chi connectivity index (χ3n) is 5.38. The Hall–Kier alpha value is -4.43. The molecular weight excluding hydrogens is 474 g/mol. The summed E-state index contributed by atoms with van der Waals surface area (Å²) in [5.41, 5.74) is 2.87. The molecule has 0 radical (unpaired) electrons. The number of carbonyl (C=O) groups excluding carboxylic acids is 2. The minimum absolute atomic E-state index is 0.158. The Labute approximate surface area is 212 Å². The third-order valence-corrected chi connectivity index (χ3v) is 6.64. The lowest BCUT2D eigenvalue weighted by Crippen LogP contribution is -2.19. The maximum absolute atomic E-state index is 13.3. The van der Waals surface area contributed by atoms with Crippen molar-refractivity contribution in [3.8, 4) is 11.5 Å². The van der Waals surface area contributed by atoms with Gasteiger partial charge in [-0.3, -0.25) is 4.79 Å². The van der Waals surface area contributed by atoms with Gasteiger partial charge in [0.1, 0.15) is 5.25 Å². The van der Waals surface area contributed by atoms with E-state index in [1.165, 1.54) is 11.8 Å². The number of carbonyl (C=O) groups is 2. The Morgan fingerprint density at radius 2 is 1.28 bits per heavy atom. The van der Waals surface area contributed by atoms with Crippen molar-refractivity contribution in [2.45, 2.75) is 10.1 Å². The average Bonchev–Trinajstić information content (AvgIpc) is 3.37. The zero-order valence-electron chi connectivity index (χ0n) is 19.1. The van der Waals surface area contributed by atoms with Gasteiger partial charge in [0, 0.05) is 28.0 Å². The first-order valence-corrected chi connectivity index (χ1v) is 12.2. The first-order valence-electron chi connectivity index (χ1n) is 11.3. The molecule has 0 saturated carbocycles. The van der Waals surface area contributed by atoms with E-state index in [0.717, 1.165) is 10.5 Å². The molecule has 1 aliphatic rings. The van der Waals surface area contributed by atoms with Crippen LogP contribution in [-0.4, -0.2) is 18.7 Å². The van der Waals surface area contributed by atoms with E-state index < -0.39 is 5.25 Å². The summed E-state index contributed by atoms with van der Waals surface area (Å²) in [5, 5.41) is 8.11. The molecule has 3 amide bonds. The topological polar surface area (TPSA) is 88.7 Å². The normalized spacial score (nSPS) is 12.4. The van der Waals surface area contributed by atoms with Crippen LogP contribution in [0.15, 0.2) is 108 Å². The van der Waals surface area contributed by atoms with E-state index in [0.29, 0.717) is 28.6 Å². The molecule has 1 aliphatic heterocycles. The summed E-state index contributed by atoms with van der Waals surface area (Å²) in [5.74, 6) is 1.11. The highest BCUT2D eigenvalue weighted by atomic mass is 32.2. The van der Waals surface area contributed by atoms with Crippen LogP contribution in [0.2, 0.25) is 0 Å². The number of nitrogens with one attached hydrogen (secondary N) is 3. The van der Waals surface area contributed by atoms with Gasteiger partial charge in [0.2, 0.25) is 12.7 Å². The van der Waals surface area contributed by atoms with Gasteiger partial charge in [-0.25, -0.2) is 4.79 Å². The van der Waals surface area contributed by atoms with Crippen molar-refractivity contribution in [2.75, 3.05) is 22.7 Å². The maximum atomic E-state index is 13.3. The maximum Gasteiger partial charge on any atom is 0.323 e. The molecule has 180 valence electrons. The SMILES string of the molecule is O=C(Nc1ccccc1)Nc1ccc(SC(C(=O)Nc2ccc3c(c2)OCO3)c2ccccc2)cc1. The number of rotatable bonds is 7. The molecular formula is C28H23N3O4S. The predicted octanol–water partition coefficient (Wildman–Crippen LogP) is 6.53. The van der Waals surface area contributed by atoms with E-state index in [-0.39, 0.29) is 18.7 Å². The number of urea groups is 1. The molecule has 1 unspecified atom stereocenters. The van der Waals surface area contributed by atoms with Crippen LogP contribution in [0, 0.1) is 0 Å². The quantitative estimate of drug-likeness (QED) is 0.253. The fourth-order valence-electron chi connectivity index (χ4n) is 3.65. The van der Waals surface area contributed by atoms with Crippen LogP contribution >= 0.6 is 11.8 Å². The van der Waals surface area contributed by atoms with Gasteiger partial charge >= 0.3 is 6.03 Å². The number of hydrogen-bond donors (Lipinski definition) is 3. The van der Waals surface area contributed by atoms with Gasteiger partial charge < -0.3 is 25.4 Å². The second-order valence-electron chi connectivity index (χ2n) is 7.94. The van der Waals surface area contributed by atoms with E-state index in [2.05, 4.69) is 16.0 Å². The Morgan fingerprint density at radius 3 is 2.00 bits per heavy atom. The molecule has 0 fully saturated rings. The van der Waals surface area contributed by atoms with Gasteiger partial charge in [0.25, 0.3) is 0 Å². The van der Waals surface area contributed by atoms with E-state index in [9.17, 15) is 9.59 Å². The lowest BCUT2D eigenvalue weighted by molar-refractivity contribution is -0.115. The van der Waals surface area contributed by atoms with E-state index in [4.69, 9.17) is 9.47 Å². The van der Waals surface area contributed by atoms with Crippen molar-refractivity contribution in [1.82, 2.24) is 0 Å². The Kier molecular flexibility index (Phi) is 7.05. The predicted molar refractivity (Wildman–Crippen MR) is 142 cm³/mol. The summed E-state index contributed by atoms with van der Waals surface area (Å²) in [6, 6.07) is 31.2. The zero-order chi connectivity index (χ0) is 24.7. The molecule has 5 rings (SSSR count). The molecule has 7 nitrogen and oxygen atoms in total. The van der Waals surface area contributed by atoms with Gasteiger partial charge in [-0.05, 0) is 54.1 Å². The van der Waals surface area contributed by atoms with Gasteiger partial charge in [0.05, 0.1) is 0 Å².